The number of amides is 1. The van der Waals surface area contributed by atoms with Crippen LogP contribution in [0.1, 0.15) is 68.2 Å². The molecular weight excluding hydrogens is 450 g/mol. The van der Waals surface area contributed by atoms with Gasteiger partial charge in [-0.3, -0.25) is 10.1 Å². The second-order valence-electron chi connectivity index (χ2n) is 10.3. The number of likely N-dealkylation sites (tertiary alicyclic amines) is 1. The highest BCUT2D eigenvalue weighted by molar-refractivity contribution is 5.81. The van der Waals surface area contributed by atoms with Gasteiger partial charge in [-0.2, -0.15) is 0 Å². The number of hydrogen-bond donors (Lipinski definition) is 1. The first kappa shape index (κ1) is 24.7. The summed E-state index contributed by atoms with van der Waals surface area (Å²) >= 11 is 0. The summed E-state index contributed by atoms with van der Waals surface area (Å²) in [5.74, 6) is 1.30. The highest BCUT2D eigenvalue weighted by Crippen LogP contribution is 2.40. The van der Waals surface area contributed by atoms with Crippen molar-refractivity contribution in [2.45, 2.75) is 64.2 Å². The van der Waals surface area contributed by atoms with Gasteiger partial charge in [0.15, 0.2) is 0 Å². The Labute approximate surface area is 214 Å². The van der Waals surface area contributed by atoms with Crippen LogP contribution in [0.2, 0.25) is 0 Å². The molecule has 1 aromatic heterocycles. The quantitative estimate of drug-likeness (QED) is 0.472. The van der Waals surface area contributed by atoms with Crippen LogP contribution in [0.3, 0.4) is 0 Å². The van der Waals surface area contributed by atoms with Gasteiger partial charge < -0.3 is 14.4 Å². The van der Waals surface area contributed by atoms with Gasteiger partial charge >= 0.3 is 0 Å². The molecule has 0 bridgehead atoms. The Morgan fingerprint density at radius 1 is 1.08 bits per heavy atom. The number of nitrogens with one attached hydrogen (secondary N) is 1. The van der Waals surface area contributed by atoms with Crippen LogP contribution in [0, 0.1) is 5.92 Å². The summed E-state index contributed by atoms with van der Waals surface area (Å²) < 4.78 is 11.2. The number of nitrogens with zero attached hydrogens (tertiary/aromatic N) is 2. The molecule has 3 heterocycles. The number of carbonyl (C=O) groups is 1. The molecule has 2 saturated heterocycles. The molecule has 0 saturated carbocycles. The molecule has 2 unspecified atom stereocenters. The molecule has 2 atom stereocenters. The van der Waals surface area contributed by atoms with Gasteiger partial charge in [0.05, 0.1) is 24.8 Å². The number of para-hydroxylation sites is 1. The first-order valence-corrected chi connectivity index (χ1v) is 13.2. The van der Waals surface area contributed by atoms with E-state index in [0.29, 0.717) is 31.6 Å². The minimum atomic E-state index is -0.0401. The smallest absolute Gasteiger partial charge is 0.227 e. The molecule has 0 spiro atoms. The molecule has 0 aliphatic carbocycles. The summed E-state index contributed by atoms with van der Waals surface area (Å²) in [6.45, 7) is 6.37. The zero-order valence-electron chi connectivity index (χ0n) is 21.6. The summed E-state index contributed by atoms with van der Waals surface area (Å²) in [5, 5.41) is 4.79. The third kappa shape index (κ3) is 4.97. The fourth-order valence-electron chi connectivity index (χ4n) is 5.79. The molecule has 2 fully saturated rings. The number of methoxy groups -OCH3 is 1. The number of benzene rings is 2. The Morgan fingerprint density at radius 2 is 1.83 bits per heavy atom. The third-order valence-electron chi connectivity index (χ3n) is 7.67. The van der Waals surface area contributed by atoms with Crippen LogP contribution >= 0.6 is 0 Å². The predicted octanol–water partition coefficient (Wildman–Crippen LogP) is 5.57. The van der Waals surface area contributed by atoms with E-state index in [1.165, 1.54) is 11.1 Å². The zero-order chi connectivity index (χ0) is 25.1. The molecule has 1 amide bonds. The van der Waals surface area contributed by atoms with E-state index in [1.807, 2.05) is 18.2 Å². The summed E-state index contributed by atoms with van der Waals surface area (Å²) in [6, 6.07) is 18.9. The van der Waals surface area contributed by atoms with Crippen molar-refractivity contribution in [2.75, 3.05) is 20.3 Å². The monoisotopic (exact) mass is 487 g/mol. The van der Waals surface area contributed by atoms with E-state index in [-0.39, 0.29) is 24.0 Å². The van der Waals surface area contributed by atoms with Crippen molar-refractivity contribution in [2.24, 2.45) is 5.92 Å². The Balaban J connectivity index is 1.43. The standard InChI is InChI=1S/C30H37N3O3/c1-20(2)24-9-5-6-10-25(24)27-12-13-28(33(27)30(34)21-14-16-36-17-15-21)31-19-23-18-22-8-4-7-11-26(22)32-29(23)35-3/h4-11,18,20-21,27-28,31H,12-17,19H2,1-3H3. The van der Waals surface area contributed by atoms with Gasteiger partial charge in [-0.25, -0.2) is 4.98 Å². The summed E-state index contributed by atoms with van der Waals surface area (Å²) in [6.07, 6.45) is 3.41. The molecule has 2 aliphatic heterocycles. The molecule has 2 aliphatic rings. The van der Waals surface area contributed by atoms with Crippen molar-refractivity contribution < 1.29 is 14.3 Å². The molecule has 5 rings (SSSR count). The van der Waals surface area contributed by atoms with Crippen molar-refractivity contribution >= 4 is 16.8 Å². The molecule has 190 valence electrons. The van der Waals surface area contributed by atoms with E-state index in [1.54, 1.807) is 7.11 Å². The lowest BCUT2D eigenvalue weighted by Gasteiger charge is -2.36. The van der Waals surface area contributed by atoms with E-state index in [4.69, 9.17) is 14.5 Å². The number of carbonyl (C=O) groups excluding carboxylic acids is 1. The van der Waals surface area contributed by atoms with Gasteiger partial charge in [0.1, 0.15) is 0 Å². The van der Waals surface area contributed by atoms with E-state index in [0.717, 1.165) is 42.1 Å². The van der Waals surface area contributed by atoms with Gasteiger partial charge in [0.25, 0.3) is 0 Å². The van der Waals surface area contributed by atoms with Gasteiger partial charge in [-0.05, 0) is 54.9 Å². The minimum absolute atomic E-state index is 0.0201. The fraction of sp³-hybridized carbons (Fsp3) is 0.467. The maximum atomic E-state index is 14.0. The van der Waals surface area contributed by atoms with Gasteiger partial charge in [0, 0.05) is 36.6 Å². The number of fused-ring (bicyclic) bond motifs is 1. The lowest BCUT2D eigenvalue weighted by Crippen LogP contribution is -2.48. The Morgan fingerprint density at radius 3 is 2.61 bits per heavy atom. The molecule has 0 radical (unpaired) electrons. The van der Waals surface area contributed by atoms with Crippen molar-refractivity contribution in [3.8, 4) is 5.88 Å². The summed E-state index contributed by atoms with van der Waals surface area (Å²) in [5.41, 5.74) is 4.52. The number of rotatable bonds is 7. The molecule has 2 aromatic carbocycles. The van der Waals surface area contributed by atoms with Crippen LogP contribution in [0.15, 0.2) is 54.6 Å². The fourth-order valence-corrected chi connectivity index (χ4v) is 5.79. The highest BCUT2D eigenvalue weighted by atomic mass is 16.5. The van der Waals surface area contributed by atoms with E-state index in [9.17, 15) is 4.79 Å². The Kier molecular flexibility index (Phi) is 7.54. The van der Waals surface area contributed by atoms with Crippen LogP contribution in [-0.2, 0) is 16.1 Å². The average molecular weight is 488 g/mol. The van der Waals surface area contributed by atoms with Gasteiger partial charge in [-0.15, -0.1) is 0 Å². The highest BCUT2D eigenvalue weighted by Gasteiger charge is 2.41. The number of ether oxygens (including phenoxy) is 2. The lowest BCUT2D eigenvalue weighted by molar-refractivity contribution is -0.142. The second-order valence-corrected chi connectivity index (χ2v) is 10.3. The number of hydrogen-bond acceptors (Lipinski definition) is 5. The molecule has 36 heavy (non-hydrogen) atoms. The van der Waals surface area contributed by atoms with Gasteiger partial charge in [0.2, 0.25) is 11.8 Å². The maximum Gasteiger partial charge on any atom is 0.227 e. The predicted molar refractivity (Wildman–Crippen MR) is 142 cm³/mol. The first-order chi connectivity index (χ1) is 17.6. The summed E-state index contributed by atoms with van der Waals surface area (Å²) in [7, 11) is 1.66. The van der Waals surface area contributed by atoms with Crippen LogP contribution < -0.4 is 10.1 Å². The third-order valence-corrected chi connectivity index (χ3v) is 7.67. The van der Waals surface area contributed by atoms with E-state index < -0.39 is 0 Å². The maximum absolute atomic E-state index is 14.0. The SMILES string of the molecule is COc1nc2ccccc2cc1CNC1CCC(c2ccccc2C(C)C)N1C(=O)C1CCOCC1. The largest absolute Gasteiger partial charge is 0.481 e. The first-order valence-electron chi connectivity index (χ1n) is 13.2. The van der Waals surface area contributed by atoms with Crippen LogP contribution in [0.4, 0.5) is 0 Å². The Bertz CT molecular complexity index is 1210. The van der Waals surface area contributed by atoms with Crippen molar-refractivity contribution in [1.29, 1.82) is 0 Å². The number of aromatic nitrogens is 1. The lowest BCUT2D eigenvalue weighted by atomic mass is 9.91. The van der Waals surface area contributed by atoms with Crippen LogP contribution in [-0.4, -0.2) is 42.3 Å². The van der Waals surface area contributed by atoms with E-state index >= 15 is 0 Å². The average Bonchev–Trinajstić information content (AvgIpc) is 3.35. The van der Waals surface area contributed by atoms with Crippen molar-refractivity contribution in [3.05, 3.63) is 71.3 Å². The van der Waals surface area contributed by atoms with Crippen molar-refractivity contribution in [1.82, 2.24) is 15.2 Å². The topological polar surface area (TPSA) is 63.7 Å². The van der Waals surface area contributed by atoms with Crippen LogP contribution in [0.25, 0.3) is 10.9 Å². The minimum Gasteiger partial charge on any atom is -0.481 e. The molecule has 1 N–H and O–H groups in total. The molecule has 6 heteroatoms. The zero-order valence-corrected chi connectivity index (χ0v) is 21.6. The van der Waals surface area contributed by atoms with Crippen LogP contribution in [0.5, 0.6) is 5.88 Å². The molecule has 3 aromatic rings. The Hall–Kier alpha value is -2.96. The van der Waals surface area contributed by atoms with Gasteiger partial charge in [-0.1, -0.05) is 56.3 Å². The second kappa shape index (κ2) is 11.0. The molecule has 6 nitrogen and oxygen atoms in total. The molecular formula is C30H37N3O3. The van der Waals surface area contributed by atoms with E-state index in [2.05, 4.69) is 60.5 Å². The van der Waals surface area contributed by atoms with Crippen molar-refractivity contribution in [3.63, 3.8) is 0 Å². The summed E-state index contributed by atoms with van der Waals surface area (Å²) in [4.78, 5) is 20.8. The normalized spacial score (nSPS) is 20.8. The number of pyridine rings is 1.